The first-order chi connectivity index (χ1) is 14.5. The van der Waals surface area contributed by atoms with E-state index in [2.05, 4.69) is 23.8 Å². The molecular formula is C24H32N2O4. The van der Waals surface area contributed by atoms with Crippen LogP contribution in [0.1, 0.15) is 16.7 Å². The van der Waals surface area contributed by atoms with Crippen molar-refractivity contribution in [2.75, 3.05) is 39.8 Å². The smallest absolute Gasteiger partial charge is 0.307 e. The zero-order chi connectivity index (χ0) is 21.8. The van der Waals surface area contributed by atoms with E-state index >= 15 is 0 Å². The van der Waals surface area contributed by atoms with Gasteiger partial charge in [-0.3, -0.25) is 4.79 Å². The summed E-state index contributed by atoms with van der Waals surface area (Å²) in [5.41, 5.74) is 2.84. The normalized spacial score (nSPS) is 13.7. The number of piperazine rings is 1. The van der Waals surface area contributed by atoms with E-state index in [-0.39, 0.29) is 6.42 Å². The average molecular weight is 413 g/mol. The molecule has 1 heterocycles. The summed E-state index contributed by atoms with van der Waals surface area (Å²) in [6, 6.07) is 13.0. The van der Waals surface area contributed by atoms with Crippen molar-refractivity contribution in [3.63, 3.8) is 0 Å². The number of carbonyl (C=O) groups is 1. The Hall–Kier alpha value is -2.83. The first kappa shape index (κ1) is 23.4. The van der Waals surface area contributed by atoms with Crippen LogP contribution < -0.4 is 14.8 Å². The third-order valence-corrected chi connectivity index (χ3v) is 4.62. The molecule has 0 aromatic heterocycles. The van der Waals surface area contributed by atoms with Crippen molar-refractivity contribution >= 4 is 5.97 Å². The Bertz CT molecular complexity index is 799. The first-order valence-corrected chi connectivity index (χ1v) is 10.1. The number of benzene rings is 2. The molecule has 1 aliphatic rings. The van der Waals surface area contributed by atoms with Gasteiger partial charge in [0.2, 0.25) is 0 Å². The van der Waals surface area contributed by atoms with Crippen molar-refractivity contribution in [1.82, 2.24) is 10.2 Å². The molecule has 0 amide bonds. The molecule has 1 aliphatic heterocycles. The molecule has 1 fully saturated rings. The number of carboxylic acid groups (broad SMARTS) is 1. The number of likely N-dealkylation sites (N-methyl/N-ethyl adjacent to an activating group) is 1. The summed E-state index contributed by atoms with van der Waals surface area (Å²) in [7, 11) is 2.15. The van der Waals surface area contributed by atoms with Crippen LogP contribution in [0.15, 0.2) is 55.1 Å². The summed E-state index contributed by atoms with van der Waals surface area (Å²) in [4.78, 5) is 13.0. The maximum Gasteiger partial charge on any atom is 0.307 e. The van der Waals surface area contributed by atoms with Crippen LogP contribution in [0.25, 0.3) is 0 Å². The van der Waals surface area contributed by atoms with Gasteiger partial charge in [0.15, 0.2) is 0 Å². The Morgan fingerprint density at radius 2 is 1.80 bits per heavy atom. The van der Waals surface area contributed by atoms with Crippen LogP contribution in [0, 0.1) is 6.92 Å². The van der Waals surface area contributed by atoms with Crippen molar-refractivity contribution in [1.29, 1.82) is 0 Å². The number of carboxylic acids is 1. The number of nitrogens with one attached hydrogen (secondary N) is 1. The number of aliphatic carboxylic acids is 1. The average Bonchev–Trinajstić information content (AvgIpc) is 2.73. The molecule has 0 aliphatic carbocycles. The highest BCUT2D eigenvalue weighted by molar-refractivity contribution is 5.70. The minimum atomic E-state index is -0.840. The van der Waals surface area contributed by atoms with Gasteiger partial charge in [-0.25, -0.2) is 0 Å². The lowest BCUT2D eigenvalue weighted by Crippen LogP contribution is -2.40. The molecule has 0 spiro atoms. The molecule has 0 saturated carbocycles. The van der Waals surface area contributed by atoms with Crippen molar-refractivity contribution in [2.24, 2.45) is 0 Å². The monoisotopic (exact) mass is 412 g/mol. The summed E-state index contributed by atoms with van der Waals surface area (Å²) in [6.07, 6.45) is 1.73. The van der Waals surface area contributed by atoms with Crippen LogP contribution in [0.3, 0.4) is 0 Å². The van der Waals surface area contributed by atoms with Gasteiger partial charge in [-0.05, 0) is 54.9 Å². The van der Waals surface area contributed by atoms with Gasteiger partial charge in [0.25, 0.3) is 0 Å². The van der Waals surface area contributed by atoms with Crippen LogP contribution in [-0.4, -0.2) is 55.8 Å². The van der Waals surface area contributed by atoms with Crippen LogP contribution in [0.5, 0.6) is 11.5 Å². The van der Waals surface area contributed by atoms with E-state index in [1.165, 1.54) is 13.1 Å². The Morgan fingerprint density at radius 1 is 1.13 bits per heavy atom. The Balaban J connectivity index is 0.000000386. The van der Waals surface area contributed by atoms with Crippen LogP contribution in [-0.2, 0) is 17.8 Å². The summed E-state index contributed by atoms with van der Waals surface area (Å²) in [5.74, 6) is 0.711. The van der Waals surface area contributed by atoms with E-state index < -0.39 is 5.97 Å². The number of ether oxygens (including phenoxy) is 2. The lowest BCUT2D eigenvalue weighted by atomic mass is 10.1. The fraction of sp³-hybridized carbons (Fsp3) is 0.375. The van der Waals surface area contributed by atoms with E-state index in [9.17, 15) is 4.79 Å². The lowest BCUT2D eigenvalue weighted by molar-refractivity contribution is -0.136. The molecule has 6 heteroatoms. The van der Waals surface area contributed by atoms with E-state index in [1.54, 1.807) is 30.3 Å². The molecular weight excluding hydrogens is 380 g/mol. The maximum atomic E-state index is 10.6. The molecule has 0 radical (unpaired) electrons. The van der Waals surface area contributed by atoms with Gasteiger partial charge in [-0.2, -0.15) is 0 Å². The number of hydrogen-bond donors (Lipinski definition) is 2. The molecule has 0 unspecified atom stereocenters. The highest BCUT2D eigenvalue weighted by atomic mass is 16.5. The highest BCUT2D eigenvalue weighted by Gasteiger charge is 2.04. The number of aryl methyl sites for hydroxylation is 1. The lowest BCUT2D eigenvalue weighted by Gasteiger charge is -2.21. The second kappa shape index (κ2) is 12.7. The Kier molecular flexibility index (Phi) is 9.91. The van der Waals surface area contributed by atoms with Gasteiger partial charge in [0, 0.05) is 26.2 Å². The topological polar surface area (TPSA) is 71.0 Å². The van der Waals surface area contributed by atoms with Gasteiger partial charge < -0.3 is 24.8 Å². The van der Waals surface area contributed by atoms with Crippen molar-refractivity contribution < 1.29 is 19.4 Å². The van der Waals surface area contributed by atoms with E-state index in [1.807, 2.05) is 25.1 Å². The Labute approximate surface area is 179 Å². The molecule has 0 bridgehead atoms. The molecule has 30 heavy (non-hydrogen) atoms. The largest absolute Gasteiger partial charge is 0.489 e. The zero-order valence-electron chi connectivity index (χ0n) is 17.9. The molecule has 6 nitrogen and oxygen atoms in total. The van der Waals surface area contributed by atoms with Crippen LogP contribution in [0.2, 0.25) is 0 Å². The van der Waals surface area contributed by atoms with Gasteiger partial charge in [-0.1, -0.05) is 30.9 Å². The maximum absolute atomic E-state index is 10.6. The summed E-state index contributed by atoms with van der Waals surface area (Å²) in [5, 5.41) is 12.0. The minimum absolute atomic E-state index is 0.0195. The third kappa shape index (κ3) is 8.68. The summed E-state index contributed by atoms with van der Waals surface area (Å²) >= 11 is 0. The molecule has 3 rings (SSSR count). The molecule has 2 N–H and O–H groups in total. The van der Waals surface area contributed by atoms with Crippen molar-refractivity contribution in [2.45, 2.75) is 20.0 Å². The Morgan fingerprint density at radius 3 is 2.33 bits per heavy atom. The van der Waals surface area contributed by atoms with Gasteiger partial charge in [0.05, 0.1) is 6.42 Å². The molecule has 2 aromatic carbocycles. The minimum Gasteiger partial charge on any atom is -0.489 e. The first-order valence-electron chi connectivity index (χ1n) is 10.1. The molecule has 0 atom stereocenters. The number of nitrogens with zero attached hydrogens (tertiary/aromatic N) is 1. The third-order valence-electron chi connectivity index (χ3n) is 4.62. The van der Waals surface area contributed by atoms with Crippen molar-refractivity contribution in [3.05, 3.63) is 71.8 Å². The van der Waals surface area contributed by atoms with Crippen LogP contribution >= 0.6 is 0 Å². The van der Waals surface area contributed by atoms with Crippen molar-refractivity contribution in [3.8, 4) is 11.5 Å². The fourth-order valence-electron chi connectivity index (χ4n) is 2.93. The number of hydrogen-bond acceptors (Lipinski definition) is 5. The second-order valence-electron chi connectivity index (χ2n) is 7.26. The quantitative estimate of drug-likeness (QED) is 0.649. The zero-order valence-corrected chi connectivity index (χ0v) is 17.9. The van der Waals surface area contributed by atoms with E-state index in [0.717, 1.165) is 35.5 Å². The summed E-state index contributed by atoms with van der Waals surface area (Å²) in [6.45, 7) is 11.3. The van der Waals surface area contributed by atoms with Gasteiger partial charge in [0.1, 0.15) is 24.7 Å². The van der Waals surface area contributed by atoms with E-state index in [4.69, 9.17) is 14.6 Å². The predicted octanol–water partition coefficient (Wildman–Crippen LogP) is 3.29. The predicted molar refractivity (Wildman–Crippen MR) is 119 cm³/mol. The molecule has 1 saturated heterocycles. The standard InChI is InChI=1S/C19H20O4.C5H12N2/c1-3-10-22-18-9-6-16(11-14(18)2)13-23-17-7-4-15(5-8-17)12-19(20)21;1-7-4-2-6-3-5-7/h3-9,11H,1,10,12-13H2,2H3,(H,20,21);6H,2-5H2,1H3. The van der Waals surface area contributed by atoms with Gasteiger partial charge >= 0.3 is 5.97 Å². The number of rotatable bonds is 8. The molecule has 2 aromatic rings. The molecule has 162 valence electrons. The SMILES string of the molecule is C=CCOc1ccc(COc2ccc(CC(=O)O)cc2)cc1C.CN1CCNCC1. The van der Waals surface area contributed by atoms with Gasteiger partial charge in [-0.15, -0.1) is 0 Å². The van der Waals surface area contributed by atoms with Crippen LogP contribution in [0.4, 0.5) is 0 Å². The summed E-state index contributed by atoms with van der Waals surface area (Å²) < 4.78 is 11.3. The highest BCUT2D eigenvalue weighted by Crippen LogP contribution is 2.21. The second-order valence-corrected chi connectivity index (χ2v) is 7.26. The fourth-order valence-corrected chi connectivity index (χ4v) is 2.93. The van der Waals surface area contributed by atoms with E-state index in [0.29, 0.717) is 19.0 Å².